The zero-order valence-corrected chi connectivity index (χ0v) is 16.3. The Bertz CT molecular complexity index is 1100. The summed E-state index contributed by atoms with van der Waals surface area (Å²) < 4.78 is 1.94. The van der Waals surface area contributed by atoms with Crippen molar-refractivity contribution in [2.45, 2.75) is 26.3 Å². The van der Waals surface area contributed by atoms with Gasteiger partial charge < -0.3 is 16.0 Å². The van der Waals surface area contributed by atoms with Crippen LogP contribution in [0.15, 0.2) is 27.8 Å². The largest absolute Gasteiger partial charge is 0.384 e. The fraction of sp³-hybridized carbons (Fsp3) is 0.368. The number of benzene rings is 1. The minimum absolute atomic E-state index is 0.0102. The molecule has 0 saturated carbocycles. The number of nitrogen functional groups attached to an aromatic ring is 1. The fourth-order valence-electron chi connectivity index (χ4n) is 3.44. The van der Waals surface area contributed by atoms with Crippen molar-refractivity contribution in [2.75, 3.05) is 22.5 Å². The molecule has 1 atom stereocenters. The Kier molecular flexibility index (Phi) is 4.84. The smallest absolute Gasteiger partial charge is 0.332 e. The molecule has 2 aromatic rings. The van der Waals surface area contributed by atoms with E-state index in [1.165, 1.54) is 21.0 Å². The van der Waals surface area contributed by atoms with Crippen LogP contribution in [0.2, 0.25) is 0 Å². The summed E-state index contributed by atoms with van der Waals surface area (Å²) in [6.45, 7) is 3.79. The maximum atomic E-state index is 12.9. The third-order valence-corrected chi connectivity index (χ3v) is 5.09. The van der Waals surface area contributed by atoms with E-state index in [9.17, 15) is 19.2 Å². The number of Topliss-reactive ketones (excluding diaryl/α,β-unsaturated/α-hetero) is 1. The molecule has 0 radical (unpaired) electrons. The summed E-state index contributed by atoms with van der Waals surface area (Å²) in [7, 11) is 2.72. The summed E-state index contributed by atoms with van der Waals surface area (Å²) in [6, 6.07) is 4.77. The van der Waals surface area contributed by atoms with E-state index in [1.807, 2.05) is 12.1 Å². The lowest BCUT2D eigenvalue weighted by Crippen LogP contribution is -2.43. The van der Waals surface area contributed by atoms with E-state index in [2.05, 4.69) is 5.32 Å². The summed E-state index contributed by atoms with van der Waals surface area (Å²) in [5.74, 6) is -0.665. The lowest BCUT2D eigenvalue weighted by Gasteiger charge is -2.18. The number of amides is 1. The molecule has 9 heteroatoms. The maximum absolute atomic E-state index is 12.9. The zero-order chi connectivity index (χ0) is 20.7. The molecular formula is C19H23N5O4. The van der Waals surface area contributed by atoms with Gasteiger partial charge in [0.05, 0.1) is 6.04 Å². The standard InChI is InChI=1S/C19H23N5O4/c1-10(16(26)15-17(20)22(3)19(28)23(4)18(15)27)21-13-5-6-14-12(9-13)7-8-24(14)11(2)25/h5-6,9-10,21H,7-8,20H2,1-4H3/t10-/m0/s1. The normalized spacial score (nSPS) is 13.9. The zero-order valence-electron chi connectivity index (χ0n) is 16.3. The Morgan fingerprint density at radius 1 is 1.18 bits per heavy atom. The van der Waals surface area contributed by atoms with Crippen LogP contribution in [0.5, 0.6) is 0 Å². The van der Waals surface area contributed by atoms with Gasteiger partial charge in [-0.3, -0.25) is 23.5 Å². The Hall–Kier alpha value is -3.36. The van der Waals surface area contributed by atoms with E-state index in [-0.39, 0.29) is 17.3 Å². The molecule has 3 N–H and O–H groups in total. The van der Waals surface area contributed by atoms with Crippen molar-refractivity contribution in [1.82, 2.24) is 9.13 Å². The third-order valence-electron chi connectivity index (χ3n) is 5.09. The number of rotatable bonds is 4. The predicted molar refractivity (Wildman–Crippen MR) is 107 cm³/mol. The van der Waals surface area contributed by atoms with Crippen molar-refractivity contribution >= 4 is 28.9 Å². The van der Waals surface area contributed by atoms with Crippen LogP contribution >= 0.6 is 0 Å². The van der Waals surface area contributed by atoms with Crippen LogP contribution in [0.25, 0.3) is 0 Å². The summed E-state index contributed by atoms with van der Waals surface area (Å²) >= 11 is 0. The summed E-state index contributed by atoms with van der Waals surface area (Å²) in [5, 5.41) is 3.08. The monoisotopic (exact) mass is 385 g/mol. The molecule has 1 aromatic heterocycles. The Balaban J connectivity index is 1.88. The highest BCUT2D eigenvalue weighted by atomic mass is 16.2. The van der Waals surface area contributed by atoms with E-state index in [0.717, 1.165) is 26.8 Å². The number of nitrogens with two attached hydrogens (primary N) is 1. The lowest BCUT2D eigenvalue weighted by atomic mass is 10.1. The van der Waals surface area contributed by atoms with Gasteiger partial charge in [-0.05, 0) is 37.1 Å². The molecule has 2 heterocycles. The van der Waals surface area contributed by atoms with Gasteiger partial charge in [0.2, 0.25) is 5.91 Å². The molecule has 1 amide bonds. The number of hydrogen-bond acceptors (Lipinski definition) is 6. The molecule has 1 aliphatic rings. The van der Waals surface area contributed by atoms with Gasteiger partial charge in [0.15, 0.2) is 5.78 Å². The average molecular weight is 385 g/mol. The number of carbonyl (C=O) groups excluding carboxylic acids is 2. The lowest BCUT2D eigenvalue weighted by molar-refractivity contribution is -0.116. The van der Waals surface area contributed by atoms with Gasteiger partial charge in [-0.2, -0.15) is 0 Å². The molecule has 1 aliphatic heterocycles. The second-order valence-electron chi connectivity index (χ2n) is 6.96. The van der Waals surface area contributed by atoms with Crippen molar-refractivity contribution in [1.29, 1.82) is 0 Å². The van der Waals surface area contributed by atoms with Gasteiger partial charge >= 0.3 is 5.69 Å². The molecule has 0 spiro atoms. The van der Waals surface area contributed by atoms with E-state index in [0.29, 0.717) is 12.2 Å². The van der Waals surface area contributed by atoms with Gasteiger partial charge in [-0.25, -0.2) is 4.79 Å². The number of ketones is 1. The van der Waals surface area contributed by atoms with Crippen molar-refractivity contribution in [3.63, 3.8) is 0 Å². The van der Waals surface area contributed by atoms with E-state index >= 15 is 0 Å². The molecule has 28 heavy (non-hydrogen) atoms. The van der Waals surface area contributed by atoms with Crippen molar-refractivity contribution in [2.24, 2.45) is 14.1 Å². The van der Waals surface area contributed by atoms with Crippen LogP contribution in [0.1, 0.15) is 29.8 Å². The molecule has 0 fully saturated rings. The van der Waals surface area contributed by atoms with Crippen LogP contribution in [0, 0.1) is 0 Å². The number of carbonyl (C=O) groups is 2. The number of aromatic nitrogens is 2. The Labute approximate surface area is 161 Å². The average Bonchev–Trinajstić information content (AvgIpc) is 3.08. The molecule has 148 valence electrons. The minimum atomic E-state index is -0.740. The number of fused-ring (bicyclic) bond motifs is 1. The van der Waals surface area contributed by atoms with Crippen molar-refractivity contribution < 1.29 is 9.59 Å². The van der Waals surface area contributed by atoms with Gasteiger partial charge in [-0.1, -0.05) is 0 Å². The van der Waals surface area contributed by atoms with Crippen LogP contribution in [0.3, 0.4) is 0 Å². The summed E-state index contributed by atoms with van der Waals surface area (Å²) in [4.78, 5) is 50.5. The number of nitrogens with zero attached hydrogens (tertiary/aromatic N) is 3. The van der Waals surface area contributed by atoms with E-state index < -0.39 is 23.1 Å². The summed E-state index contributed by atoms with van der Waals surface area (Å²) in [6.07, 6.45) is 0.737. The first-order valence-electron chi connectivity index (χ1n) is 8.90. The summed E-state index contributed by atoms with van der Waals surface area (Å²) in [5.41, 5.74) is 6.92. The third kappa shape index (κ3) is 3.08. The van der Waals surface area contributed by atoms with Crippen molar-refractivity contribution in [3.05, 3.63) is 50.2 Å². The predicted octanol–water partition coefficient (Wildman–Crippen LogP) is 0.259. The number of nitrogens with one attached hydrogen (secondary N) is 1. The van der Waals surface area contributed by atoms with E-state index in [4.69, 9.17) is 5.73 Å². The number of hydrogen-bond donors (Lipinski definition) is 2. The van der Waals surface area contributed by atoms with Crippen molar-refractivity contribution in [3.8, 4) is 0 Å². The number of anilines is 3. The maximum Gasteiger partial charge on any atom is 0.332 e. The first kappa shape index (κ1) is 19.4. The first-order chi connectivity index (χ1) is 13.1. The van der Waals surface area contributed by atoms with E-state index in [1.54, 1.807) is 17.9 Å². The van der Waals surface area contributed by atoms with Gasteiger partial charge in [-0.15, -0.1) is 0 Å². The van der Waals surface area contributed by atoms with Gasteiger partial charge in [0.25, 0.3) is 5.56 Å². The molecular weight excluding hydrogens is 362 g/mol. The molecule has 0 unspecified atom stereocenters. The Morgan fingerprint density at radius 3 is 2.50 bits per heavy atom. The van der Waals surface area contributed by atoms with Crippen LogP contribution in [0.4, 0.5) is 17.2 Å². The Morgan fingerprint density at radius 2 is 1.86 bits per heavy atom. The highest BCUT2D eigenvalue weighted by molar-refractivity contribution is 6.04. The van der Waals surface area contributed by atoms with Crippen LogP contribution in [-0.4, -0.2) is 33.4 Å². The SMILES string of the molecule is CC(=O)N1CCc2cc(N[C@@H](C)C(=O)c3c(N)n(C)c(=O)n(C)c3=O)ccc21. The first-order valence-corrected chi connectivity index (χ1v) is 8.90. The molecule has 0 aliphatic carbocycles. The highest BCUT2D eigenvalue weighted by Crippen LogP contribution is 2.30. The van der Waals surface area contributed by atoms with Crippen LogP contribution in [-0.2, 0) is 25.3 Å². The minimum Gasteiger partial charge on any atom is -0.384 e. The van der Waals surface area contributed by atoms with Gasteiger partial charge in [0.1, 0.15) is 11.4 Å². The molecule has 0 saturated heterocycles. The second kappa shape index (κ2) is 6.99. The quantitative estimate of drug-likeness (QED) is 0.729. The van der Waals surface area contributed by atoms with Crippen LogP contribution < -0.4 is 27.2 Å². The second-order valence-corrected chi connectivity index (χ2v) is 6.96. The molecule has 1 aromatic carbocycles. The highest BCUT2D eigenvalue weighted by Gasteiger charge is 2.26. The van der Waals surface area contributed by atoms with Gasteiger partial charge in [0, 0.05) is 38.9 Å². The molecule has 0 bridgehead atoms. The molecule has 9 nitrogen and oxygen atoms in total. The topological polar surface area (TPSA) is 119 Å². The fourth-order valence-corrected chi connectivity index (χ4v) is 3.44. The molecule has 3 rings (SSSR count).